The minimum Gasteiger partial charge on any atom is -0.310 e. The van der Waals surface area contributed by atoms with Crippen molar-refractivity contribution in [3.63, 3.8) is 0 Å². The molecule has 0 aliphatic carbocycles. The van der Waals surface area contributed by atoms with Crippen LogP contribution in [0.25, 0.3) is 0 Å². The molecule has 1 aliphatic heterocycles. The summed E-state index contributed by atoms with van der Waals surface area (Å²) < 4.78 is 23.6. The van der Waals surface area contributed by atoms with Crippen LogP contribution in [0.1, 0.15) is 41.0 Å². The zero-order valence-electron chi connectivity index (χ0n) is 12.4. The molecule has 108 valence electrons. The summed E-state index contributed by atoms with van der Waals surface area (Å²) in [6, 6.07) is 0. The number of nitrogens with one attached hydrogen (secondary N) is 1. The van der Waals surface area contributed by atoms with Crippen LogP contribution < -0.4 is 5.32 Å². The molecule has 0 spiro atoms. The largest absolute Gasteiger partial charge is 0.310 e. The molecule has 1 fully saturated rings. The van der Waals surface area contributed by atoms with Crippen LogP contribution in [0.3, 0.4) is 0 Å². The fourth-order valence-corrected chi connectivity index (χ4v) is 3.28. The minimum atomic E-state index is -3.01. The highest BCUT2D eigenvalue weighted by Crippen LogP contribution is 2.17. The highest BCUT2D eigenvalue weighted by Gasteiger charge is 2.30. The van der Waals surface area contributed by atoms with Crippen LogP contribution in [0.4, 0.5) is 0 Å². The lowest BCUT2D eigenvalue weighted by Gasteiger charge is -2.30. The van der Waals surface area contributed by atoms with Crippen molar-refractivity contribution in [1.82, 2.24) is 10.2 Å². The Morgan fingerprint density at radius 3 is 2.44 bits per heavy atom. The summed E-state index contributed by atoms with van der Waals surface area (Å²) in [6.45, 7) is 13.2. The SMILES string of the molecule is CC1(C)CN(CCS(=O)(=O)C(C)(C)C)CCCN1. The zero-order chi connectivity index (χ0) is 14.0. The summed E-state index contributed by atoms with van der Waals surface area (Å²) in [4.78, 5) is 2.27. The molecule has 0 unspecified atom stereocenters. The van der Waals surface area contributed by atoms with Crippen LogP contribution in [0.15, 0.2) is 0 Å². The average Bonchev–Trinajstić information content (AvgIpc) is 2.34. The van der Waals surface area contributed by atoms with Crippen molar-refractivity contribution >= 4 is 9.84 Å². The molecular weight excluding hydrogens is 248 g/mol. The second kappa shape index (κ2) is 5.47. The molecule has 0 radical (unpaired) electrons. The van der Waals surface area contributed by atoms with E-state index in [0.29, 0.717) is 6.54 Å². The first-order chi connectivity index (χ1) is 8.04. The van der Waals surface area contributed by atoms with Gasteiger partial charge in [0.05, 0.1) is 10.5 Å². The van der Waals surface area contributed by atoms with Gasteiger partial charge in [0.1, 0.15) is 0 Å². The highest BCUT2D eigenvalue weighted by atomic mass is 32.2. The Balaban J connectivity index is 2.58. The Morgan fingerprint density at radius 2 is 1.89 bits per heavy atom. The third-order valence-electron chi connectivity index (χ3n) is 3.48. The summed E-state index contributed by atoms with van der Waals surface area (Å²) in [5, 5.41) is 3.49. The van der Waals surface area contributed by atoms with E-state index >= 15 is 0 Å². The van der Waals surface area contributed by atoms with Gasteiger partial charge in [-0.25, -0.2) is 8.42 Å². The second-order valence-electron chi connectivity index (χ2n) is 6.87. The first-order valence-electron chi connectivity index (χ1n) is 6.73. The molecule has 1 saturated heterocycles. The Bertz CT molecular complexity index is 369. The number of sulfone groups is 1. The van der Waals surface area contributed by atoms with Crippen LogP contribution in [0.5, 0.6) is 0 Å². The molecule has 1 rings (SSSR count). The van der Waals surface area contributed by atoms with E-state index in [4.69, 9.17) is 0 Å². The van der Waals surface area contributed by atoms with E-state index in [9.17, 15) is 8.42 Å². The first-order valence-corrected chi connectivity index (χ1v) is 8.38. The van der Waals surface area contributed by atoms with Gasteiger partial charge in [-0.3, -0.25) is 0 Å². The molecule has 0 aromatic carbocycles. The van der Waals surface area contributed by atoms with Crippen molar-refractivity contribution in [2.45, 2.75) is 51.3 Å². The van der Waals surface area contributed by atoms with E-state index in [0.717, 1.165) is 26.1 Å². The van der Waals surface area contributed by atoms with E-state index in [-0.39, 0.29) is 11.3 Å². The molecule has 0 aromatic rings. The number of nitrogens with zero attached hydrogens (tertiary/aromatic N) is 1. The molecule has 4 nitrogen and oxygen atoms in total. The van der Waals surface area contributed by atoms with Gasteiger partial charge in [0.2, 0.25) is 0 Å². The Kier molecular flexibility index (Phi) is 4.84. The molecule has 0 saturated carbocycles. The number of hydrogen-bond donors (Lipinski definition) is 1. The maximum Gasteiger partial charge on any atom is 0.156 e. The molecule has 5 heteroatoms. The number of rotatable bonds is 3. The van der Waals surface area contributed by atoms with E-state index < -0.39 is 14.6 Å². The van der Waals surface area contributed by atoms with Gasteiger partial charge in [-0.15, -0.1) is 0 Å². The molecule has 0 amide bonds. The maximum atomic E-state index is 12.1. The summed E-state index contributed by atoms with van der Waals surface area (Å²) in [5.74, 6) is 0.257. The van der Waals surface area contributed by atoms with Crippen molar-refractivity contribution in [1.29, 1.82) is 0 Å². The van der Waals surface area contributed by atoms with Gasteiger partial charge in [0.25, 0.3) is 0 Å². The highest BCUT2D eigenvalue weighted by molar-refractivity contribution is 7.92. The monoisotopic (exact) mass is 276 g/mol. The predicted molar refractivity (Wildman–Crippen MR) is 76.7 cm³/mol. The molecule has 18 heavy (non-hydrogen) atoms. The normalized spacial score (nSPS) is 22.7. The molecule has 1 heterocycles. The van der Waals surface area contributed by atoms with Crippen molar-refractivity contribution in [3.8, 4) is 0 Å². The van der Waals surface area contributed by atoms with Gasteiger partial charge in [0.15, 0.2) is 9.84 Å². The molecular formula is C13H28N2O2S. The number of hydrogen-bond acceptors (Lipinski definition) is 4. The van der Waals surface area contributed by atoms with Gasteiger partial charge in [-0.05, 0) is 54.1 Å². The second-order valence-corrected chi connectivity index (χ2v) is 9.73. The van der Waals surface area contributed by atoms with E-state index in [1.54, 1.807) is 20.8 Å². The van der Waals surface area contributed by atoms with Crippen molar-refractivity contribution in [3.05, 3.63) is 0 Å². The molecule has 1 N–H and O–H groups in total. The van der Waals surface area contributed by atoms with Gasteiger partial charge < -0.3 is 10.2 Å². The van der Waals surface area contributed by atoms with Crippen LogP contribution in [-0.4, -0.2) is 55.5 Å². The van der Waals surface area contributed by atoms with Crippen molar-refractivity contribution in [2.75, 3.05) is 31.9 Å². The molecule has 0 atom stereocenters. The smallest absolute Gasteiger partial charge is 0.156 e. The van der Waals surface area contributed by atoms with Crippen LogP contribution >= 0.6 is 0 Å². The predicted octanol–water partition coefficient (Wildman–Crippen LogP) is 1.27. The summed E-state index contributed by atoms with van der Waals surface area (Å²) >= 11 is 0. The van der Waals surface area contributed by atoms with Gasteiger partial charge in [-0.1, -0.05) is 0 Å². The maximum absolute atomic E-state index is 12.1. The lowest BCUT2D eigenvalue weighted by atomic mass is 10.1. The average molecular weight is 276 g/mol. The molecule has 0 bridgehead atoms. The van der Waals surface area contributed by atoms with Gasteiger partial charge in [-0.2, -0.15) is 0 Å². The standard InChI is InChI=1S/C13H28N2O2S/c1-12(2,3)18(16,17)10-9-15-8-6-7-14-13(4,5)11-15/h14H,6-11H2,1-5H3. The van der Waals surface area contributed by atoms with E-state index in [2.05, 4.69) is 24.1 Å². The lowest BCUT2D eigenvalue weighted by Crippen LogP contribution is -2.47. The fourth-order valence-electron chi connectivity index (χ4n) is 2.17. The van der Waals surface area contributed by atoms with Crippen molar-refractivity contribution in [2.24, 2.45) is 0 Å². The third-order valence-corrected chi connectivity index (χ3v) is 6.07. The third kappa shape index (κ3) is 4.52. The first kappa shape index (κ1) is 15.9. The van der Waals surface area contributed by atoms with Crippen LogP contribution in [-0.2, 0) is 9.84 Å². The summed E-state index contributed by atoms with van der Waals surface area (Å²) in [7, 11) is -3.01. The van der Waals surface area contributed by atoms with E-state index in [1.807, 2.05) is 0 Å². The zero-order valence-corrected chi connectivity index (χ0v) is 13.2. The Hall–Kier alpha value is -0.130. The Morgan fingerprint density at radius 1 is 1.28 bits per heavy atom. The Labute approximate surface area is 112 Å². The molecule has 1 aliphatic rings. The van der Waals surface area contributed by atoms with Crippen molar-refractivity contribution < 1.29 is 8.42 Å². The van der Waals surface area contributed by atoms with Crippen LogP contribution in [0.2, 0.25) is 0 Å². The van der Waals surface area contributed by atoms with E-state index in [1.165, 1.54) is 0 Å². The molecule has 0 aromatic heterocycles. The lowest BCUT2D eigenvalue weighted by molar-refractivity contribution is 0.242. The topological polar surface area (TPSA) is 49.4 Å². The van der Waals surface area contributed by atoms with Gasteiger partial charge in [0, 0.05) is 18.6 Å². The van der Waals surface area contributed by atoms with Gasteiger partial charge >= 0.3 is 0 Å². The quantitative estimate of drug-likeness (QED) is 0.843. The van der Waals surface area contributed by atoms with Crippen LogP contribution in [0, 0.1) is 0 Å². The summed E-state index contributed by atoms with van der Waals surface area (Å²) in [6.07, 6.45) is 1.08. The fraction of sp³-hybridized carbons (Fsp3) is 1.00. The summed E-state index contributed by atoms with van der Waals surface area (Å²) in [5.41, 5.74) is 0.0714. The minimum absolute atomic E-state index is 0.0714.